The zero-order valence-corrected chi connectivity index (χ0v) is 8.85. The smallest absolute Gasteiger partial charge is 0.385 e. The van der Waals surface area contributed by atoms with Gasteiger partial charge in [-0.1, -0.05) is 6.07 Å². The molecule has 96 valence electrons. The van der Waals surface area contributed by atoms with E-state index in [2.05, 4.69) is 0 Å². The zero-order chi connectivity index (χ0) is 13.9. The first-order valence-corrected chi connectivity index (χ1v) is 4.73. The summed E-state index contributed by atoms with van der Waals surface area (Å²) in [5.74, 6) is 0. The van der Waals surface area contributed by atoms with E-state index in [0.717, 1.165) is 6.07 Å². The van der Waals surface area contributed by atoms with Gasteiger partial charge in [0.25, 0.3) is 0 Å². The lowest BCUT2D eigenvalue weighted by molar-refractivity contribution is -0.137. The Labute approximate surface area is 99.9 Å². The Kier molecular flexibility index (Phi) is 4.06. The van der Waals surface area contributed by atoms with Crippen molar-refractivity contribution < 1.29 is 28.2 Å². The van der Waals surface area contributed by atoms with Gasteiger partial charge in [-0.05, 0) is 17.7 Å². The van der Waals surface area contributed by atoms with Crippen molar-refractivity contribution in [2.24, 2.45) is 0 Å². The molecule has 2 atom stereocenters. The van der Waals surface area contributed by atoms with E-state index in [4.69, 9.17) is 10.4 Å². The second kappa shape index (κ2) is 5.16. The minimum atomic E-state index is -4.65. The molecule has 0 radical (unpaired) electrons. The maximum absolute atomic E-state index is 12.5. The molecule has 0 amide bonds. The summed E-state index contributed by atoms with van der Waals surface area (Å²) >= 11 is 0. The first-order valence-electron chi connectivity index (χ1n) is 4.73. The highest BCUT2D eigenvalue weighted by molar-refractivity contribution is 5.77. The number of hydrogen-bond donors (Lipinski definition) is 2. The van der Waals surface area contributed by atoms with Crippen LogP contribution in [0, 0.1) is 11.3 Å². The highest BCUT2D eigenvalue weighted by Crippen LogP contribution is 2.32. The van der Waals surface area contributed by atoms with Crippen LogP contribution in [0.1, 0.15) is 27.6 Å². The van der Waals surface area contributed by atoms with Crippen LogP contribution in [0.3, 0.4) is 0 Å². The molecule has 0 bridgehead atoms. The van der Waals surface area contributed by atoms with Gasteiger partial charge in [0.15, 0.2) is 6.10 Å². The van der Waals surface area contributed by atoms with E-state index in [-0.39, 0.29) is 11.8 Å². The van der Waals surface area contributed by atoms with Crippen molar-refractivity contribution in [1.82, 2.24) is 0 Å². The van der Waals surface area contributed by atoms with Gasteiger partial charge < -0.3 is 10.2 Å². The minimum Gasteiger partial charge on any atom is -0.385 e. The molecule has 1 rings (SSSR count). The lowest BCUT2D eigenvalue weighted by Gasteiger charge is -2.16. The molecular weight excluding hydrogens is 251 g/mol. The van der Waals surface area contributed by atoms with Crippen LogP contribution in [0.25, 0.3) is 0 Å². The fourth-order valence-electron chi connectivity index (χ4n) is 1.36. The summed E-state index contributed by atoms with van der Waals surface area (Å²) < 4.78 is 37.4. The van der Waals surface area contributed by atoms with E-state index in [0.29, 0.717) is 12.1 Å². The van der Waals surface area contributed by atoms with Crippen molar-refractivity contribution in [3.8, 4) is 6.07 Å². The van der Waals surface area contributed by atoms with Gasteiger partial charge in [-0.25, -0.2) is 0 Å². The number of nitrogens with zero attached hydrogens (tertiary/aromatic N) is 1. The molecule has 0 saturated heterocycles. The third kappa shape index (κ3) is 2.85. The van der Waals surface area contributed by atoms with Gasteiger partial charge in [-0.15, -0.1) is 0 Å². The molecule has 4 nitrogen and oxygen atoms in total. The van der Waals surface area contributed by atoms with Crippen molar-refractivity contribution in [2.75, 3.05) is 0 Å². The fourth-order valence-corrected chi connectivity index (χ4v) is 1.36. The minimum absolute atomic E-state index is 0.218. The molecule has 0 heterocycles. The molecule has 0 spiro atoms. The lowest BCUT2D eigenvalue weighted by Crippen LogP contribution is -2.18. The summed E-state index contributed by atoms with van der Waals surface area (Å²) in [7, 11) is 0. The second-order valence-corrected chi connectivity index (χ2v) is 3.48. The topological polar surface area (TPSA) is 81.3 Å². The normalized spacial score (nSPS) is 14.7. The Morgan fingerprint density at radius 3 is 2.39 bits per heavy atom. The molecule has 0 aliphatic carbocycles. The van der Waals surface area contributed by atoms with Gasteiger partial charge >= 0.3 is 6.18 Å². The van der Waals surface area contributed by atoms with Crippen LogP contribution in [0.15, 0.2) is 18.2 Å². The van der Waals surface area contributed by atoms with E-state index >= 15 is 0 Å². The van der Waals surface area contributed by atoms with Crippen LogP contribution < -0.4 is 0 Å². The number of carbonyl (C=O) groups is 1. The van der Waals surface area contributed by atoms with Gasteiger partial charge in [0, 0.05) is 5.56 Å². The van der Waals surface area contributed by atoms with E-state index in [1.165, 1.54) is 6.07 Å². The quantitative estimate of drug-likeness (QED) is 0.635. The fraction of sp³-hybridized carbons (Fsp3) is 0.273. The van der Waals surface area contributed by atoms with Crippen molar-refractivity contribution in [1.29, 1.82) is 5.26 Å². The number of alkyl halides is 3. The van der Waals surface area contributed by atoms with Crippen LogP contribution in [-0.4, -0.2) is 22.6 Å². The predicted molar refractivity (Wildman–Crippen MR) is 53.4 cm³/mol. The highest BCUT2D eigenvalue weighted by Gasteiger charge is 2.32. The Hall–Kier alpha value is -1.91. The molecule has 0 saturated carbocycles. The summed E-state index contributed by atoms with van der Waals surface area (Å²) in [6, 6.07) is 3.37. The van der Waals surface area contributed by atoms with Gasteiger partial charge in [-0.3, -0.25) is 4.79 Å². The summed E-state index contributed by atoms with van der Waals surface area (Å²) in [6.07, 6.45) is -8.19. The molecule has 0 aliphatic heterocycles. The molecule has 0 fully saturated rings. The number of aliphatic hydroxyl groups excluding tert-OH is 2. The van der Waals surface area contributed by atoms with Crippen molar-refractivity contribution in [3.05, 3.63) is 34.9 Å². The Morgan fingerprint density at radius 2 is 1.94 bits per heavy atom. The van der Waals surface area contributed by atoms with Crippen LogP contribution in [0.2, 0.25) is 0 Å². The molecule has 1 aromatic carbocycles. The monoisotopic (exact) mass is 259 g/mol. The standard InChI is InChI=1S/C11H8F3NO3/c12-11(13,14)7-2-1-6(5-16)8(3-7)10(18)9(17)4-15/h1-3,5,9-10,17-18H. The highest BCUT2D eigenvalue weighted by atomic mass is 19.4. The molecule has 0 aromatic heterocycles. The van der Waals surface area contributed by atoms with E-state index in [1.807, 2.05) is 0 Å². The average Bonchev–Trinajstić information content (AvgIpc) is 2.35. The average molecular weight is 259 g/mol. The van der Waals surface area contributed by atoms with Gasteiger partial charge in [0.1, 0.15) is 12.4 Å². The summed E-state index contributed by atoms with van der Waals surface area (Å²) in [6.45, 7) is 0. The maximum atomic E-state index is 12.5. The first-order chi connectivity index (χ1) is 8.31. The predicted octanol–water partition coefficient (Wildman–Crippen LogP) is 1.44. The second-order valence-electron chi connectivity index (χ2n) is 3.48. The Bertz CT molecular complexity index is 493. The molecule has 2 N–H and O–H groups in total. The van der Waals surface area contributed by atoms with E-state index in [1.54, 1.807) is 0 Å². The van der Waals surface area contributed by atoms with Gasteiger partial charge in [0.2, 0.25) is 0 Å². The zero-order valence-electron chi connectivity index (χ0n) is 8.85. The molecular formula is C11H8F3NO3. The number of aldehydes is 1. The summed E-state index contributed by atoms with van der Waals surface area (Å²) in [4.78, 5) is 10.6. The number of nitriles is 1. The molecule has 0 aliphatic rings. The third-order valence-electron chi connectivity index (χ3n) is 2.29. The molecule has 1 aromatic rings. The van der Waals surface area contributed by atoms with Crippen LogP contribution in [0.5, 0.6) is 0 Å². The number of aliphatic hydroxyl groups is 2. The van der Waals surface area contributed by atoms with Crippen molar-refractivity contribution in [3.63, 3.8) is 0 Å². The molecule has 7 heteroatoms. The van der Waals surface area contributed by atoms with Crippen molar-refractivity contribution >= 4 is 6.29 Å². The van der Waals surface area contributed by atoms with Crippen LogP contribution in [-0.2, 0) is 6.18 Å². The van der Waals surface area contributed by atoms with Crippen molar-refractivity contribution in [2.45, 2.75) is 18.4 Å². The third-order valence-corrected chi connectivity index (χ3v) is 2.29. The number of halogens is 3. The Morgan fingerprint density at radius 1 is 1.33 bits per heavy atom. The maximum Gasteiger partial charge on any atom is 0.416 e. The number of hydrogen-bond acceptors (Lipinski definition) is 4. The number of rotatable bonds is 3. The summed E-state index contributed by atoms with van der Waals surface area (Å²) in [5.41, 5.74) is -1.73. The van der Waals surface area contributed by atoms with Gasteiger partial charge in [0.05, 0.1) is 11.6 Å². The van der Waals surface area contributed by atoms with Crippen LogP contribution >= 0.6 is 0 Å². The van der Waals surface area contributed by atoms with Crippen LogP contribution in [0.4, 0.5) is 13.2 Å². The Balaban J connectivity index is 3.32. The largest absolute Gasteiger partial charge is 0.416 e. The summed E-state index contributed by atoms with van der Waals surface area (Å²) in [5, 5.41) is 27.0. The number of carbonyl (C=O) groups excluding carboxylic acids is 1. The number of benzene rings is 1. The molecule has 18 heavy (non-hydrogen) atoms. The lowest BCUT2D eigenvalue weighted by atomic mass is 9.97. The molecule has 2 unspecified atom stereocenters. The SMILES string of the molecule is N#CC(O)C(O)c1cc(C(F)(F)F)ccc1C=O. The van der Waals surface area contributed by atoms with Gasteiger partial charge in [-0.2, -0.15) is 18.4 Å². The first kappa shape index (κ1) is 14.2. The van der Waals surface area contributed by atoms with E-state index < -0.39 is 29.5 Å². The van der Waals surface area contributed by atoms with E-state index in [9.17, 15) is 23.1 Å².